The highest BCUT2D eigenvalue weighted by Gasteiger charge is 2.27. The van der Waals surface area contributed by atoms with E-state index >= 15 is 0 Å². The fraction of sp³-hybridized carbons (Fsp3) is 0.611. The van der Waals surface area contributed by atoms with E-state index in [1.54, 1.807) is 24.2 Å². The molecule has 2 fully saturated rings. The number of nitrogens with one attached hydrogen (secondary N) is 2. The van der Waals surface area contributed by atoms with E-state index in [0.29, 0.717) is 45.4 Å². The molecule has 1 aromatic heterocycles. The molecule has 0 aliphatic carbocycles. The van der Waals surface area contributed by atoms with E-state index in [4.69, 9.17) is 5.26 Å². The molecule has 2 saturated heterocycles. The van der Waals surface area contributed by atoms with Crippen LogP contribution in [0.25, 0.3) is 0 Å². The molecule has 0 aromatic carbocycles. The molecule has 0 saturated carbocycles. The van der Waals surface area contributed by atoms with Crippen LogP contribution < -0.4 is 10.6 Å². The van der Waals surface area contributed by atoms with Gasteiger partial charge in [0.25, 0.3) is 0 Å². The highest BCUT2D eigenvalue weighted by molar-refractivity contribution is 7.99. The van der Waals surface area contributed by atoms with Crippen molar-refractivity contribution in [1.82, 2.24) is 20.2 Å². The second kappa shape index (κ2) is 10.0. The largest absolute Gasteiger partial charge is 0.613 e. The molecule has 2 unspecified atom stereocenters. The summed E-state index contributed by atoms with van der Waals surface area (Å²) < 4.78 is 0. The number of rotatable bonds is 7. The smallest absolute Gasteiger partial charge is 0.227 e. The van der Waals surface area contributed by atoms with Crippen LogP contribution >= 0.6 is 11.8 Å². The fourth-order valence-electron chi connectivity index (χ4n) is 3.46. The lowest BCUT2D eigenvalue weighted by molar-refractivity contribution is -0.922. The highest BCUT2D eigenvalue weighted by atomic mass is 32.2. The van der Waals surface area contributed by atoms with Crippen LogP contribution in [0.5, 0.6) is 0 Å². The predicted octanol–water partition coefficient (Wildman–Crippen LogP) is -0.599. The number of hydrogen-bond acceptors (Lipinski definition) is 7. The van der Waals surface area contributed by atoms with Gasteiger partial charge in [-0.05, 0) is 11.6 Å². The van der Waals surface area contributed by atoms with Gasteiger partial charge in [0.05, 0.1) is 19.0 Å². The molecule has 2 aliphatic heterocycles. The number of nitrogens with zero attached hydrogens (tertiary/aromatic N) is 4. The lowest BCUT2D eigenvalue weighted by Gasteiger charge is -2.38. The quantitative estimate of drug-likeness (QED) is 0.600. The molecule has 2 N–H and O–H groups in total. The van der Waals surface area contributed by atoms with Gasteiger partial charge in [0, 0.05) is 56.5 Å². The number of hydrogen-bond donors (Lipinski definition) is 2. The minimum absolute atomic E-state index is 0.0350. The standard InChI is InChI=1S/C18H26N6O2S/c19-11-17-13-27-14-23(17)9-6-21-24(26)16-3-7-22(8-4-16)18(25)10-15-2-1-5-20-12-15/h1-2,5,12,16-17,21,24H,3-4,6-10,13-14H2. The Balaban J connectivity index is 1.36. The van der Waals surface area contributed by atoms with E-state index < -0.39 is 0 Å². The van der Waals surface area contributed by atoms with Gasteiger partial charge in [-0.1, -0.05) is 6.07 Å². The molecular formula is C18H26N6O2S. The third-order valence-electron chi connectivity index (χ3n) is 5.12. The Morgan fingerprint density at radius 3 is 3.00 bits per heavy atom. The van der Waals surface area contributed by atoms with Gasteiger partial charge in [-0.15, -0.1) is 11.8 Å². The maximum atomic E-state index is 12.4. The summed E-state index contributed by atoms with van der Waals surface area (Å²) in [5.41, 5.74) is 3.91. The molecule has 2 atom stereocenters. The molecule has 9 heteroatoms. The Kier molecular flexibility index (Phi) is 7.43. The van der Waals surface area contributed by atoms with E-state index in [1.807, 2.05) is 17.0 Å². The van der Waals surface area contributed by atoms with Crippen molar-refractivity contribution >= 4 is 17.7 Å². The Labute approximate surface area is 164 Å². The van der Waals surface area contributed by atoms with Crippen molar-refractivity contribution in [3.05, 3.63) is 35.3 Å². The number of likely N-dealkylation sites (tertiary alicyclic amines) is 1. The van der Waals surface area contributed by atoms with Crippen LogP contribution in [-0.4, -0.2) is 70.6 Å². The van der Waals surface area contributed by atoms with Crippen LogP contribution in [-0.2, 0) is 11.2 Å². The number of carbonyl (C=O) groups excluding carboxylic acids is 1. The van der Waals surface area contributed by atoms with Crippen LogP contribution in [0.15, 0.2) is 24.5 Å². The van der Waals surface area contributed by atoms with Crippen molar-refractivity contribution in [1.29, 1.82) is 5.26 Å². The van der Waals surface area contributed by atoms with Gasteiger partial charge in [0.15, 0.2) is 0 Å². The zero-order valence-corrected chi connectivity index (χ0v) is 16.2. The van der Waals surface area contributed by atoms with Gasteiger partial charge in [-0.2, -0.15) is 10.7 Å². The number of carbonyl (C=O) groups is 1. The number of nitriles is 1. The van der Waals surface area contributed by atoms with Crippen LogP contribution in [0.3, 0.4) is 0 Å². The van der Waals surface area contributed by atoms with Crippen LogP contribution in [0.2, 0.25) is 0 Å². The molecule has 3 heterocycles. The highest BCUT2D eigenvalue weighted by Crippen LogP contribution is 2.19. The Bertz CT molecular complexity index is 647. The number of piperidine rings is 1. The first-order valence-electron chi connectivity index (χ1n) is 9.33. The number of amides is 1. The zero-order valence-electron chi connectivity index (χ0n) is 15.3. The Morgan fingerprint density at radius 2 is 2.30 bits per heavy atom. The lowest BCUT2D eigenvalue weighted by atomic mass is 10.0. The SMILES string of the molecule is N#CC1CSCN1CCN[NH+]([O-])C1CCN(C(=O)Cc2cccnc2)CC1. The number of quaternary nitrogens is 1. The number of aromatic nitrogens is 1. The molecular weight excluding hydrogens is 364 g/mol. The van der Waals surface area contributed by atoms with Crippen molar-refractivity contribution in [3.63, 3.8) is 0 Å². The van der Waals surface area contributed by atoms with Gasteiger partial charge in [-0.3, -0.25) is 19.9 Å². The van der Waals surface area contributed by atoms with Crippen molar-refractivity contribution in [3.8, 4) is 6.07 Å². The third-order valence-corrected chi connectivity index (χ3v) is 6.18. The fourth-order valence-corrected chi connectivity index (χ4v) is 4.62. The molecule has 1 aromatic rings. The zero-order chi connectivity index (χ0) is 19.1. The summed E-state index contributed by atoms with van der Waals surface area (Å²) in [5, 5.41) is 21.5. The average Bonchev–Trinajstić information content (AvgIpc) is 3.16. The summed E-state index contributed by atoms with van der Waals surface area (Å²) in [4.78, 5) is 20.4. The normalized spacial score (nSPS) is 22.5. The van der Waals surface area contributed by atoms with E-state index in [9.17, 15) is 10.0 Å². The summed E-state index contributed by atoms with van der Waals surface area (Å²) >= 11 is 1.75. The number of hydroxylamine groups is 1. The Hall–Kier alpha value is -1.70. The van der Waals surface area contributed by atoms with Crippen LogP contribution in [0, 0.1) is 16.5 Å². The second-order valence-electron chi connectivity index (χ2n) is 6.94. The maximum Gasteiger partial charge on any atom is 0.227 e. The number of thioether (sulfide) groups is 1. The topological polar surface area (TPSA) is 99.8 Å². The monoisotopic (exact) mass is 390 g/mol. The van der Waals surface area contributed by atoms with Crippen LogP contribution in [0.4, 0.5) is 0 Å². The van der Waals surface area contributed by atoms with Crippen LogP contribution in [0.1, 0.15) is 18.4 Å². The van der Waals surface area contributed by atoms with E-state index in [-0.39, 0.29) is 23.2 Å². The average molecular weight is 391 g/mol. The molecule has 3 rings (SSSR count). The van der Waals surface area contributed by atoms with Crippen molar-refractivity contribution < 1.29 is 9.97 Å². The van der Waals surface area contributed by atoms with Gasteiger partial charge < -0.3 is 10.1 Å². The molecule has 0 spiro atoms. The first-order valence-corrected chi connectivity index (χ1v) is 10.5. The summed E-state index contributed by atoms with van der Waals surface area (Å²) in [5.74, 6) is 1.79. The first-order chi connectivity index (χ1) is 13.2. The third kappa shape index (κ3) is 5.64. The molecule has 0 radical (unpaired) electrons. The molecule has 27 heavy (non-hydrogen) atoms. The molecule has 0 bridgehead atoms. The van der Waals surface area contributed by atoms with Crippen molar-refractivity contribution in [2.24, 2.45) is 0 Å². The summed E-state index contributed by atoms with van der Waals surface area (Å²) in [6.45, 7) is 2.52. The summed E-state index contributed by atoms with van der Waals surface area (Å²) in [6, 6.07) is 5.96. The van der Waals surface area contributed by atoms with E-state index in [0.717, 1.165) is 17.2 Å². The van der Waals surface area contributed by atoms with Gasteiger partial charge in [0.1, 0.15) is 12.1 Å². The minimum Gasteiger partial charge on any atom is -0.613 e. The van der Waals surface area contributed by atoms with E-state index in [2.05, 4.69) is 21.4 Å². The predicted molar refractivity (Wildman–Crippen MR) is 103 cm³/mol. The number of pyridine rings is 1. The van der Waals surface area contributed by atoms with Crippen molar-refractivity contribution in [2.45, 2.75) is 31.3 Å². The van der Waals surface area contributed by atoms with E-state index in [1.165, 1.54) is 0 Å². The maximum absolute atomic E-state index is 12.4. The summed E-state index contributed by atoms with van der Waals surface area (Å²) in [7, 11) is 0. The molecule has 8 nitrogen and oxygen atoms in total. The summed E-state index contributed by atoms with van der Waals surface area (Å²) in [6.07, 6.45) is 5.17. The van der Waals surface area contributed by atoms with Crippen molar-refractivity contribution in [2.75, 3.05) is 37.8 Å². The molecule has 1 amide bonds. The second-order valence-corrected chi connectivity index (χ2v) is 7.94. The van der Waals surface area contributed by atoms with Gasteiger partial charge in [0.2, 0.25) is 5.91 Å². The minimum atomic E-state index is -0.0408. The molecule has 2 aliphatic rings. The van der Waals surface area contributed by atoms with Gasteiger partial charge >= 0.3 is 0 Å². The van der Waals surface area contributed by atoms with Gasteiger partial charge in [-0.25, -0.2) is 0 Å². The molecule has 146 valence electrons. The lowest BCUT2D eigenvalue weighted by Crippen LogP contribution is -3.18. The first kappa shape index (κ1) is 20.0. The Morgan fingerprint density at radius 1 is 1.48 bits per heavy atom.